The molecule has 0 saturated carbocycles. The third kappa shape index (κ3) is 0.943. The summed E-state index contributed by atoms with van der Waals surface area (Å²) in [6.07, 6.45) is 0. The molecule has 2 aromatic rings. The Morgan fingerprint density at radius 1 is 1.36 bits per heavy atom. The van der Waals surface area contributed by atoms with Crippen molar-refractivity contribution in [3.05, 3.63) is 34.7 Å². The van der Waals surface area contributed by atoms with E-state index >= 15 is 0 Å². The van der Waals surface area contributed by atoms with Gasteiger partial charge in [0.25, 0.3) is 0 Å². The fourth-order valence-corrected chi connectivity index (χ4v) is 1.81. The van der Waals surface area contributed by atoms with Crippen LogP contribution in [0.5, 0.6) is 0 Å². The number of aromatic nitrogens is 2. The Balaban J connectivity index is 2.29. The number of nitrogens with zero attached hydrogens (tertiary/aromatic N) is 1. The van der Waals surface area contributed by atoms with Crippen molar-refractivity contribution < 1.29 is 4.74 Å². The van der Waals surface area contributed by atoms with Crippen molar-refractivity contribution in [2.75, 3.05) is 13.2 Å². The average molecular weight is 190 g/mol. The van der Waals surface area contributed by atoms with E-state index in [0.29, 0.717) is 13.2 Å². The van der Waals surface area contributed by atoms with Gasteiger partial charge in [0.2, 0.25) is 0 Å². The first-order chi connectivity index (χ1) is 6.86. The number of para-hydroxylation sites is 2. The van der Waals surface area contributed by atoms with Crippen LogP contribution in [-0.4, -0.2) is 22.8 Å². The highest BCUT2D eigenvalue weighted by Gasteiger charge is 2.23. The van der Waals surface area contributed by atoms with Gasteiger partial charge in [-0.3, -0.25) is 4.57 Å². The summed E-state index contributed by atoms with van der Waals surface area (Å²) in [5.74, 6) is 0. The van der Waals surface area contributed by atoms with Gasteiger partial charge in [-0.05, 0) is 12.1 Å². The first kappa shape index (κ1) is 7.82. The van der Waals surface area contributed by atoms with E-state index in [1.54, 1.807) is 4.57 Å². The van der Waals surface area contributed by atoms with E-state index in [1.807, 2.05) is 24.3 Å². The van der Waals surface area contributed by atoms with E-state index in [2.05, 4.69) is 4.98 Å². The Bertz CT molecular complexity index is 522. The van der Waals surface area contributed by atoms with Crippen molar-refractivity contribution in [3.8, 4) is 0 Å². The smallest absolute Gasteiger partial charge is 0.326 e. The molecular formula is C10H10N2O2. The van der Waals surface area contributed by atoms with Gasteiger partial charge >= 0.3 is 5.69 Å². The quantitative estimate of drug-likeness (QED) is 0.726. The number of ether oxygens (including phenoxy) is 1. The van der Waals surface area contributed by atoms with Crippen LogP contribution in [0.25, 0.3) is 11.0 Å². The summed E-state index contributed by atoms with van der Waals surface area (Å²) in [7, 11) is 0. The topological polar surface area (TPSA) is 47.0 Å². The fraction of sp³-hybridized carbons (Fsp3) is 0.300. The van der Waals surface area contributed by atoms with Gasteiger partial charge in [-0.2, -0.15) is 0 Å². The zero-order valence-corrected chi connectivity index (χ0v) is 7.56. The Morgan fingerprint density at radius 2 is 2.14 bits per heavy atom. The second-order valence-corrected chi connectivity index (χ2v) is 3.51. The van der Waals surface area contributed by atoms with Crippen molar-refractivity contribution in [3.63, 3.8) is 0 Å². The van der Waals surface area contributed by atoms with Gasteiger partial charge in [0.05, 0.1) is 30.3 Å². The molecule has 0 atom stereocenters. The molecule has 0 unspecified atom stereocenters. The van der Waals surface area contributed by atoms with E-state index in [4.69, 9.17) is 4.74 Å². The van der Waals surface area contributed by atoms with Gasteiger partial charge in [-0.15, -0.1) is 0 Å². The molecule has 0 bridgehead atoms. The standard InChI is InChI=1S/C10H10N2O2/c13-10-11-8-3-1-2-4-9(8)12(10)7-5-14-6-7/h1-4,7H,5-6H2,(H,11,13). The molecule has 1 fully saturated rings. The zero-order chi connectivity index (χ0) is 9.54. The van der Waals surface area contributed by atoms with Gasteiger partial charge in [-0.1, -0.05) is 12.1 Å². The first-order valence-electron chi connectivity index (χ1n) is 4.63. The highest BCUT2D eigenvalue weighted by Crippen LogP contribution is 2.20. The molecule has 1 aliphatic heterocycles. The number of imidazole rings is 1. The molecule has 0 spiro atoms. The minimum Gasteiger partial charge on any atom is -0.377 e. The van der Waals surface area contributed by atoms with E-state index in [1.165, 1.54) is 0 Å². The molecule has 14 heavy (non-hydrogen) atoms. The molecule has 2 heterocycles. The van der Waals surface area contributed by atoms with Crippen molar-refractivity contribution >= 4 is 11.0 Å². The number of hydrogen-bond acceptors (Lipinski definition) is 2. The normalized spacial score (nSPS) is 17.1. The third-order valence-electron chi connectivity index (χ3n) is 2.61. The molecule has 72 valence electrons. The van der Waals surface area contributed by atoms with Crippen LogP contribution in [-0.2, 0) is 4.74 Å². The Morgan fingerprint density at radius 3 is 2.86 bits per heavy atom. The molecule has 4 nitrogen and oxygen atoms in total. The number of benzene rings is 1. The number of hydrogen-bond donors (Lipinski definition) is 1. The second-order valence-electron chi connectivity index (χ2n) is 3.51. The summed E-state index contributed by atoms with van der Waals surface area (Å²) in [4.78, 5) is 14.5. The van der Waals surface area contributed by atoms with Gasteiger partial charge in [0.15, 0.2) is 0 Å². The second kappa shape index (κ2) is 2.72. The number of nitrogens with one attached hydrogen (secondary N) is 1. The Labute approximate surface area is 80.1 Å². The summed E-state index contributed by atoms with van der Waals surface area (Å²) in [5, 5.41) is 0. The molecule has 3 rings (SSSR count). The lowest BCUT2D eigenvalue weighted by Gasteiger charge is -2.26. The third-order valence-corrected chi connectivity index (χ3v) is 2.61. The minimum atomic E-state index is -0.0421. The maximum absolute atomic E-state index is 11.6. The molecule has 1 N–H and O–H groups in total. The van der Waals surface area contributed by atoms with E-state index < -0.39 is 0 Å². The number of H-pyrrole nitrogens is 1. The van der Waals surface area contributed by atoms with Crippen molar-refractivity contribution in [2.24, 2.45) is 0 Å². The highest BCUT2D eigenvalue weighted by molar-refractivity contribution is 5.75. The summed E-state index contributed by atoms with van der Waals surface area (Å²) in [6, 6.07) is 7.92. The van der Waals surface area contributed by atoms with Crippen LogP contribution in [0, 0.1) is 0 Å². The molecule has 1 aromatic heterocycles. The predicted octanol–water partition coefficient (Wildman–Crippen LogP) is 0.901. The lowest BCUT2D eigenvalue weighted by molar-refractivity contribution is -0.0228. The molecule has 1 aliphatic rings. The van der Waals surface area contributed by atoms with Crippen LogP contribution >= 0.6 is 0 Å². The van der Waals surface area contributed by atoms with Crippen LogP contribution in [0.4, 0.5) is 0 Å². The summed E-state index contributed by atoms with van der Waals surface area (Å²) >= 11 is 0. The SMILES string of the molecule is O=c1[nH]c2ccccc2n1C1COC1. The van der Waals surface area contributed by atoms with E-state index in [0.717, 1.165) is 11.0 Å². The van der Waals surface area contributed by atoms with Crippen LogP contribution in [0.3, 0.4) is 0 Å². The molecule has 0 aliphatic carbocycles. The van der Waals surface area contributed by atoms with Crippen molar-refractivity contribution in [2.45, 2.75) is 6.04 Å². The van der Waals surface area contributed by atoms with Gasteiger partial charge < -0.3 is 9.72 Å². The molecule has 0 amide bonds. The summed E-state index contributed by atoms with van der Waals surface area (Å²) < 4.78 is 6.87. The Hall–Kier alpha value is -1.55. The minimum absolute atomic E-state index is 0.0421. The fourth-order valence-electron chi connectivity index (χ4n) is 1.81. The maximum Gasteiger partial charge on any atom is 0.326 e. The zero-order valence-electron chi connectivity index (χ0n) is 7.56. The monoisotopic (exact) mass is 190 g/mol. The summed E-state index contributed by atoms with van der Waals surface area (Å²) in [5.41, 5.74) is 1.81. The first-order valence-corrected chi connectivity index (χ1v) is 4.63. The lowest BCUT2D eigenvalue weighted by Crippen LogP contribution is -2.36. The van der Waals surface area contributed by atoms with Crippen LogP contribution in [0.1, 0.15) is 6.04 Å². The number of aromatic amines is 1. The molecular weight excluding hydrogens is 180 g/mol. The molecule has 1 saturated heterocycles. The average Bonchev–Trinajstić information content (AvgIpc) is 2.41. The van der Waals surface area contributed by atoms with Gasteiger partial charge in [-0.25, -0.2) is 4.79 Å². The molecule has 4 heteroatoms. The van der Waals surface area contributed by atoms with Crippen LogP contribution in [0.15, 0.2) is 29.1 Å². The Kier molecular flexibility index (Phi) is 1.52. The van der Waals surface area contributed by atoms with Crippen molar-refractivity contribution in [1.29, 1.82) is 0 Å². The maximum atomic E-state index is 11.6. The van der Waals surface area contributed by atoms with Crippen molar-refractivity contribution in [1.82, 2.24) is 9.55 Å². The van der Waals surface area contributed by atoms with Crippen LogP contribution < -0.4 is 5.69 Å². The number of rotatable bonds is 1. The summed E-state index contributed by atoms with van der Waals surface area (Å²) in [6.45, 7) is 1.28. The lowest BCUT2D eigenvalue weighted by atomic mass is 10.2. The predicted molar refractivity (Wildman–Crippen MR) is 52.4 cm³/mol. The highest BCUT2D eigenvalue weighted by atomic mass is 16.5. The molecule has 1 aromatic carbocycles. The number of fused-ring (bicyclic) bond motifs is 1. The van der Waals surface area contributed by atoms with Gasteiger partial charge in [0.1, 0.15) is 0 Å². The molecule has 0 radical (unpaired) electrons. The van der Waals surface area contributed by atoms with Crippen LogP contribution in [0.2, 0.25) is 0 Å². The van der Waals surface area contributed by atoms with E-state index in [-0.39, 0.29) is 11.7 Å². The van der Waals surface area contributed by atoms with E-state index in [9.17, 15) is 4.79 Å². The largest absolute Gasteiger partial charge is 0.377 e. The van der Waals surface area contributed by atoms with Gasteiger partial charge in [0, 0.05) is 0 Å².